The van der Waals surface area contributed by atoms with Crippen LogP contribution in [0, 0.1) is 11.3 Å². The monoisotopic (exact) mass is 415 g/mol. The fourth-order valence-corrected chi connectivity index (χ4v) is 4.28. The lowest BCUT2D eigenvalue weighted by molar-refractivity contribution is 0.416. The zero-order valence-corrected chi connectivity index (χ0v) is 16.8. The summed E-state index contributed by atoms with van der Waals surface area (Å²) in [5, 5.41) is 10.9. The van der Waals surface area contributed by atoms with Gasteiger partial charge in [-0.25, -0.2) is 8.42 Å². The van der Waals surface area contributed by atoms with E-state index in [4.69, 9.17) is 10.00 Å². The summed E-state index contributed by atoms with van der Waals surface area (Å²) in [6.07, 6.45) is 3.56. The first kappa shape index (κ1) is 19.4. The van der Waals surface area contributed by atoms with Gasteiger partial charge in [0.15, 0.2) is 0 Å². The first-order valence-corrected chi connectivity index (χ1v) is 10.5. The van der Waals surface area contributed by atoms with Gasteiger partial charge in [0.25, 0.3) is 10.0 Å². The zero-order chi connectivity index (χ0) is 21.1. The van der Waals surface area contributed by atoms with E-state index in [9.17, 15) is 8.42 Å². The fraction of sp³-hybridized carbons (Fsp3) is 0.0435. The number of nitrogens with zero attached hydrogens (tertiary/aromatic N) is 2. The van der Waals surface area contributed by atoms with Gasteiger partial charge >= 0.3 is 0 Å². The Labute approximate surface area is 174 Å². The standard InChI is InChI=1S/C23H17N3O3S/c1-29-23-12-18(26-30(27,28)19-9-6-16(13-24)7-10-19)8-11-21(23)22-15-25-14-17-4-2-3-5-20(17)22/h2-12,14-15,26H,1H3. The van der Waals surface area contributed by atoms with Crippen molar-refractivity contribution in [2.24, 2.45) is 0 Å². The highest BCUT2D eigenvalue weighted by molar-refractivity contribution is 7.92. The number of methoxy groups -OCH3 is 1. The third-order valence-electron chi connectivity index (χ3n) is 4.71. The van der Waals surface area contributed by atoms with Crippen LogP contribution in [0.1, 0.15) is 5.56 Å². The van der Waals surface area contributed by atoms with Crippen LogP contribution in [0.15, 0.2) is 84.0 Å². The largest absolute Gasteiger partial charge is 0.496 e. The van der Waals surface area contributed by atoms with Crippen LogP contribution in [-0.2, 0) is 10.0 Å². The molecular formula is C23H17N3O3S. The minimum atomic E-state index is -3.80. The Balaban J connectivity index is 1.71. The summed E-state index contributed by atoms with van der Waals surface area (Å²) < 4.78 is 33.5. The quantitative estimate of drug-likeness (QED) is 0.515. The van der Waals surface area contributed by atoms with Gasteiger partial charge in [-0.2, -0.15) is 5.26 Å². The molecule has 7 heteroatoms. The zero-order valence-electron chi connectivity index (χ0n) is 16.0. The summed E-state index contributed by atoms with van der Waals surface area (Å²) in [6, 6.07) is 20.7. The maximum absolute atomic E-state index is 12.7. The van der Waals surface area contributed by atoms with Crippen LogP contribution in [0.4, 0.5) is 5.69 Å². The molecular weight excluding hydrogens is 398 g/mol. The molecule has 0 aliphatic heterocycles. The Morgan fingerprint density at radius 1 is 0.967 bits per heavy atom. The number of aromatic nitrogens is 1. The van der Waals surface area contributed by atoms with Crippen LogP contribution in [0.5, 0.6) is 5.75 Å². The van der Waals surface area contributed by atoms with E-state index in [0.29, 0.717) is 17.0 Å². The number of anilines is 1. The molecule has 0 amide bonds. The van der Waals surface area contributed by atoms with Crippen molar-refractivity contribution >= 4 is 26.5 Å². The molecule has 0 aliphatic rings. The molecule has 0 bridgehead atoms. The molecule has 0 fully saturated rings. The second kappa shape index (κ2) is 7.85. The number of sulfonamides is 1. The predicted octanol–water partition coefficient (Wildman–Crippen LogP) is 4.58. The van der Waals surface area contributed by atoms with Gasteiger partial charge in [-0.05, 0) is 41.8 Å². The van der Waals surface area contributed by atoms with Gasteiger partial charge in [0.2, 0.25) is 0 Å². The van der Waals surface area contributed by atoms with E-state index in [1.54, 1.807) is 30.6 Å². The maximum atomic E-state index is 12.7. The second-order valence-electron chi connectivity index (χ2n) is 6.56. The lowest BCUT2D eigenvalue weighted by atomic mass is 10.00. The van der Waals surface area contributed by atoms with Crippen LogP contribution in [0.3, 0.4) is 0 Å². The Morgan fingerprint density at radius 3 is 2.47 bits per heavy atom. The van der Waals surface area contributed by atoms with Crippen molar-refractivity contribution in [1.82, 2.24) is 4.98 Å². The Kier molecular flexibility index (Phi) is 5.09. The molecule has 148 valence electrons. The summed E-state index contributed by atoms with van der Waals surface area (Å²) in [5.41, 5.74) is 2.46. The lowest BCUT2D eigenvalue weighted by Crippen LogP contribution is -2.13. The highest BCUT2D eigenvalue weighted by atomic mass is 32.2. The predicted molar refractivity (Wildman–Crippen MR) is 116 cm³/mol. The first-order chi connectivity index (χ1) is 14.5. The SMILES string of the molecule is COc1cc(NS(=O)(=O)c2ccc(C#N)cc2)ccc1-c1cncc2ccccc12. The number of benzene rings is 3. The van der Waals surface area contributed by atoms with Crippen molar-refractivity contribution in [3.8, 4) is 22.9 Å². The van der Waals surface area contributed by atoms with Crippen molar-refractivity contribution in [2.75, 3.05) is 11.8 Å². The number of hydrogen-bond acceptors (Lipinski definition) is 5. The Bertz CT molecular complexity index is 1370. The van der Waals surface area contributed by atoms with E-state index >= 15 is 0 Å². The molecule has 0 atom stereocenters. The molecule has 0 aliphatic carbocycles. The van der Waals surface area contributed by atoms with E-state index < -0.39 is 10.0 Å². The number of rotatable bonds is 5. The van der Waals surface area contributed by atoms with E-state index in [0.717, 1.165) is 21.9 Å². The number of nitrogens with one attached hydrogen (secondary N) is 1. The molecule has 0 unspecified atom stereocenters. The summed E-state index contributed by atoms with van der Waals surface area (Å²) in [4.78, 5) is 4.38. The van der Waals surface area contributed by atoms with E-state index in [1.165, 1.54) is 31.4 Å². The molecule has 0 saturated carbocycles. The summed E-state index contributed by atoms with van der Waals surface area (Å²) in [6.45, 7) is 0. The smallest absolute Gasteiger partial charge is 0.261 e. The van der Waals surface area contributed by atoms with Gasteiger partial charge in [-0.1, -0.05) is 24.3 Å². The van der Waals surface area contributed by atoms with E-state index in [-0.39, 0.29) is 4.90 Å². The molecule has 4 aromatic rings. The van der Waals surface area contributed by atoms with Crippen LogP contribution in [0.25, 0.3) is 21.9 Å². The van der Waals surface area contributed by atoms with Crippen LogP contribution >= 0.6 is 0 Å². The highest BCUT2D eigenvalue weighted by Crippen LogP contribution is 2.36. The first-order valence-electron chi connectivity index (χ1n) is 9.06. The topological polar surface area (TPSA) is 92.1 Å². The minimum Gasteiger partial charge on any atom is -0.496 e. The Morgan fingerprint density at radius 2 is 1.73 bits per heavy atom. The molecule has 1 aromatic heterocycles. The third-order valence-corrected chi connectivity index (χ3v) is 6.10. The van der Waals surface area contributed by atoms with Gasteiger partial charge in [0.05, 0.1) is 29.3 Å². The van der Waals surface area contributed by atoms with Crippen molar-refractivity contribution in [1.29, 1.82) is 5.26 Å². The molecule has 1 N–H and O–H groups in total. The number of ether oxygens (including phenoxy) is 1. The summed E-state index contributed by atoms with van der Waals surface area (Å²) >= 11 is 0. The molecule has 0 saturated heterocycles. The van der Waals surface area contributed by atoms with Gasteiger partial charge in [-0.3, -0.25) is 9.71 Å². The summed E-state index contributed by atoms with van der Waals surface area (Å²) in [5.74, 6) is 0.521. The molecule has 3 aromatic carbocycles. The van der Waals surface area contributed by atoms with Gasteiger partial charge in [-0.15, -0.1) is 0 Å². The highest BCUT2D eigenvalue weighted by Gasteiger charge is 2.16. The molecule has 0 spiro atoms. The molecule has 4 rings (SSSR count). The molecule has 1 heterocycles. The molecule has 0 radical (unpaired) electrons. The fourth-order valence-electron chi connectivity index (χ4n) is 3.23. The number of nitriles is 1. The van der Waals surface area contributed by atoms with Crippen LogP contribution < -0.4 is 9.46 Å². The van der Waals surface area contributed by atoms with Crippen molar-refractivity contribution in [2.45, 2.75) is 4.90 Å². The Hall–Kier alpha value is -3.89. The van der Waals surface area contributed by atoms with Crippen molar-refractivity contribution in [3.05, 3.63) is 84.7 Å². The molecule has 6 nitrogen and oxygen atoms in total. The van der Waals surface area contributed by atoms with Crippen LogP contribution in [0.2, 0.25) is 0 Å². The van der Waals surface area contributed by atoms with E-state index in [2.05, 4.69) is 9.71 Å². The van der Waals surface area contributed by atoms with Gasteiger partial charge < -0.3 is 4.74 Å². The number of pyridine rings is 1. The summed E-state index contributed by atoms with van der Waals surface area (Å²) in [7, 11) is -2.26. The normalized spacial score (nSPS) is 11.1. The van der Waals surface area contributed by atoms with Gasteiger partial charge in [0, 0.05) is 35.0 Å². The number of fused-ring (bicyclic) bond motifs is 1. The van der Waals surface area contributed by atoms with Gasteiger partial charge in [0.1, 0.15) is 5.75 Å². The lowest BCUT2D eigenvalue weighted by Gasteiger charge is -2.14. The maximum Gasteiger partial charge on any atom is 0.261 e. The van der Waals surface area contributed by atoms with Crippen molar-refractivity contribution in [3.63, 3.8) is 0 Å². The minimum absolute atomic E-state index is 0.0720. The molecule has 30 heavy (non-hydrogen) atoms. The van der Waals surface area contributed by atoms with E-state index in [1.807, 2.05) is 30.3 Å². The van der Waals surface area contributed by atoms with Crippen molar-refractivity contribution < 1.29 is 13.2 Å². The average molecular weight is 415 g/mol. The average Bonchev–Trinajstić information content (AvgIpc) is 2.78. The second-order valence-corrected chi connectivity index (χ2v) is 8.25. The number of hydrogen-bond donors (Lipinski definition) is 1. The third kappa shape index (κ3) is 3.69. The van der Waals surface area contributed by atoms with Crippen LogP contribution in [-0.4, -0.2) is 20.5 Å².